The molecule has 2 heterocycles. The van der Waals surface area contributed by atoms with Crippen molar-refractivity contribution in [3.63, 3.8) is 0 Å². The molecule has 1 aromatic heterocycles. The summed E-state index contributed by atoms with van der Waals surface area (Å²) in [6.45, 7) is 3.95. The van der Waals surface area contributed by atoms with Crippen molar-refractivity contribution in [1.82, 2.24) is 20.2 Å². The maximum atomic E-state index is 5.56. The van der Waals surface area contributed by atoms with Crippen LogP contribution >= 0.6 is 0 Å². The molecule has 1 unspecified atom stereocenters. The molecule has 0 spiro atoms. The highest BCUT2D eigenvalue weighted by Gasteiger charge is 2.32. The van der Waals surface area contributed by atoms with Gasteiger partial charge in [-0.3, -0.25) is 0 Å². The molecule has 1 aliphatic rings. The highest BCUT2D eigenvalue weighted by molar-refractivity contribution is 4.91. The Balaban J connectivity index is 2.27. The van der Waals surface area contributed by atoms with Crippen molar-refractivity contribution in [2.45, 2.75) is 31.8 Å². The normalized spacial score (nSPS) is 27.9. The van der Waals surface area contributed by atoms with Crippen LogP contribution < -0.4 is 5.73 Å². The first-order chi connectivity index (χ1) is 6.76. The summed E-state index contributed by atoms with van der Waals surface area (Å²) in [5.74, 6) is 0.720. The topological polar surface area (TPSA) is 78.9 Å². The van der Waals surface area contributed by atoms with Gasteiger partial charge in [0, 0.05) is 6.61 Å². The van der Waals surface area contributed by atoms with Gasteiger partial charge in [-0.05, 0) is 30.2 Å². The zero-order valence-corrected chi connectivity index (χ0v) is 8.31. The molecule has 1 fully saturated rings. The number of nitrogens with two attached hydrogens (primary N) is 1. The lowest BCUT2D eigenvalue weighted by Gasteiger charge is -2.33. The highest BCUT2D eigenvalue weighted by atomic mass is 16.5. The fourth-order valence-electron chi connectivity index (χ4n) is 1.84. The Morgan fingerprint density at radius 1 is 1.64 bits per heavy atom. The number of tetrazole rings is 1. The van der Waals surface area contributed by atoms with Gasteiger partial charge in [0.05, 0.1) is 18.7 Å². The number of aromatic nitrogens is 4. The second-order valence-electron chi connectivity index (χ2n) is 3.86. The maximum Gasteiger partial charge on any atom is 0.165 e. The largest absolute Gasteiger partial charge is 0.379 e. The second kappa shape index (κ2) is 3.62. The van der Waals surface area contributed by atoms with Crippen molar-refractivity contribution in [3.05, 3.63) is 5.82 Å². The van der Waals surface area contributed by atoms with Crippen molar-refractivity contribution in [2.24, 2.45) is 5.73 Å². The first-order valence-electron chi connectivity index (χ1n) is 4.82. The van der Waals surface area contributed by atoms with Gasteiger partial charge in [0.1, 0.15) is 0 Å². The van der Waals surface area contributed by atoms with Crippen LogP contribution in [0.25, 0.3) is 0 Å². The van der Waals surface area contributed by atoms with Gasteiger partial charge in [0.2, 0.25) is 0 Å². The summed E-state index contributed by atoms with van der Waals surface area (Å²) in [7, 11) is 0. The van der Waals surface area contributed by atoms with E-state index in [1.165, 1.54) is 0 Å². The van der Waals surface area contributed by atoms with E-state index >= 15 is 0 Å². The minimum Gasteiger partial charge on any atom is -0.379 e. The molecular formula is C8H15N5O. The van der Waals surface area contributed by atoms with Crippen molar-refractivity contribution in [3.8, 4) is 0 Å². The SMILES string of the molecule is CC1(n2nnnc2CN)CCCOC1. The van der Waals surface area contributed by atoms with Crippen LogP contribution in [0.5, 0.6) is 0 Å². The summed E-state index contributed by atoms with van der Waals surface area (Å²) < 4.78 is 7.25. The molecule has 1 aromatic rings. The number of hydrogen-bond donors (Lipinski definition) is 1. The molecule has 1 atom stereocenters. The summed E-state index contributed by atoms with van der Waals surface area (Å²) in [6, 6.07) is 0. The molecule has 6 heteroatoms. The van der Waals surface area contributed by atoms with Crippen molar-refractivity contribution >= 4 is 0 Å². The third-order valence-electron chi connectivity index (χ3n) is 2.65. The standard InChI is InChI=1S/C8H15N5O/c1-8(3-2-4-14-6-8)13-7(5-9)10-11-12-13/h2-6,9H2,1H3. The van der Waals surface area contributed by atoms with E-state index in [9.17, 15) is 0 Å². The van der Waals surface area contributed by atoms with Gasteiger partial charge in [-0.15, -0.1) is 5.10 Å². The summed E-state index contributed by atoms with van der Waals surface area (Å²) in [5, 5.41) is 11.5. The Morgan fingerprint density at radius 3 is 3.14 bits per heavy atom. The fraction of sp³-hybridized carbons (Fsp3) is 0.875. The lowest BCUT2D eigenvalue weighted by atomic mass is 9.95. The number of rotatable bonds is 2. The summed E-state index contributed by atoms with van der Waals surface area (Å²) >= 11 is 0. The first-order valence-corrected chi connectivity index (χ1v) is 4.82. The zero-order chi connectivity index (χ0) is 10.0. The molecule has 78 valence electrons. The van der Waals surface area contributed by atoms with E-state index in [0.717, 1.165) is 25.3 Å². The minimum absolute atomic E-state index is 0.129. The molecule has 2 rings (SSSR count). The molecular weight excluding hydrogens is 182 g/mol. The predicted molar refractivity (Wildman–Crippen MR) is 49.4 cm³/mol. The molecule has 0 saturated carbocycles. The third kappa shape index (κ3) is 1.51. The molecule has 1 aliphatic heterocycles. The quantitative estimate of drug-likeness (QED) is 0.701. The van der Waals surface area contributed by atoms with Gasteiger partial charge < -0.3 is 10.5 Å². The van der Waals surface area contributed by atoms with Gasteiger partial charge >= 0.3 is 0 Å². The molecule has 0 amide bonds. The smallest absolute Gasteiger partial charge is 0.165 e. The molecule has 1 saturated heterocycles. The number of hydrogen-bond acceptors (Lipinski definition) is 5. The Morgan fingerprint density at radius 2 is 2.50 bits per heavy atom. The van der Waals surface area contributed by atoms with E-state index in [0.29, 0.717) is 13.2 Å². The van der Waals surface area contributed by atoms with Crippen molar-refractivity contribution in [1.29, 1.82) is 0 Å². The van der Waals surface area contributed by atoms with Crippen molar-refractivity contribution < 1.29 is 4.74 Å². The Kier molecular flexibility index (Phi) is 2.47. The zero-order valence-electron chi connectivity index (χ0n) is 8.31. The van der Waals surface area contributed by atoms with Crippen LogP contribution in [0.15, 0.2) is 0 Å². The minimum atomic E-state index is -0.129. The number of nitrogens with zero attached hydrogens (tertiary/aromatic N) is 4. The molecule has 0 radical (unpaired) electrons. The average Bonchev–Trinajstić information content (AvgIpc) is 2.67. The van der Waals surface area contributed by atoms with E-state index in [1.807, 2.05) is 0 Å². The van der Waals surface area contributed by atoms with E-state index in [2.05, 4.69) is 22.4 Å². The van der Waals surface area contributed by atoms with Gasteiger partial charge in [0.25, 0.3) is 0 Å². The van der Waals surface area contributed by atoms with Gasteiger partial charge in [0.15, 0.2) is 5.82 Å². The molecule has 0 bridgehead atoms. The van der Waals surface area contributed by atoms with Gasteiger partial charge in [-0.2, -0.15) is 0 Å². The lowest BCUT2D eigenvalue weighted by Crippen LogP contribution is -2.41. The van der Waals surface area contributed by atoms with E-state index < -0.39 is 0 Å². The summed E-state index contributed by atoms with van der Waals surface area (Å²) in [6.07, 6.45) is 2.07. The Hall–Kier alpha value is -1.01. The third-order valence-corrected chi connectivity index (χ3v) is 2.65. The molecule has 2 N–H and O–H groups in total. The van der Waals surface area contributed by atoms with Gasteiger partial charge in [-0.1, -0.05) is 0 Å². The predicted octanol–water partition coefficient (Wildman–Crippen LogP) is -0.343. The molecule has 0 aliphatic carbocycles. The van der Waals surface area contributed by atoms with Crippen LogP contribution in [0.3, 0.4) is 0 Å². The van der Waals surface area contributed by atoms with Crippen LogP contribution in [0, 0.1) is 0 Å². The molecule has 14 heavy (non-hydrogen) atoms. The molecule has 0 aromatic carbocycles. The second-order valence-corrected chi connectivity index (χ2v) is 3.86. The Bertz CT molecular complexity index is 304. The first kappa shape index (κ1) is 9.54. The van der Waals surface area contributed by atoms with Crippen LogP contribution in [-0.4, -0.2) is 33.4 Å². The van der Waals surface area contributed by atoms with Gasteiger partial charge in [-0.25, -0.2) is 4.68 Å². The summed E-state index contributed by atoms with van der Waals surface area (Å²) in [5.41, 5.74) is 5.43. The monoisotopic (exact) mass is 197 g/mol. The van der Waals surface area contributed by atoms with Crippen molar-refractivity contribution in [2.75, 3.05) is 13.2 Å². The van der Waals surface area contributed by atoms with Crippen LogP contribution in [0.2, 0.25) is 0 Å². The van der Waals surface area contributed by atoms with Crippen LogP contribution in [0.1, 0.15) is 25.6 Å². The lowest BCUT2D eigenvalue weighted by molar-refractivity contribution is 0.00118. The van der Waals surface area contributed by atoms with E-state index in [4.69, 9.17) is 10.5 Å². The Labute approximate surface area is 82.4 Å². The fourth-order valence-corrected chi connectivity index (χ4v) is 1.84. The van der Waals surface area contributed by atoms with Crippen LogP contribution in [0.4, 0.5) is 0 Å². The average molecular weight is 197 g/mol. The highest BCUT2D eigenvalue weighted by Crippen LogP contribution is 2.26. The van der Waals surface area contributed by atoms with E-state index in [-0.39, 0.29) is 5.54 Å². The number of ether oxygens (including phenoxy) is 1. The van der Waals surface area contributed by atoms with Crippen LogP contribution in [-0.2, 0) is 16.8 Å². The molecule has 6 nitrogen and oxygen atoms in total. The summed E-state index contributed by atoms with van der Waals surface area (Å²) in [4.78, 5) is 0. The van der Waals surface area contributed by atoms with E-state index in [1.54, 1.807) is 4.68 Å². The maximum absolute atomic E-state index is 5.56.